The lowest BCUT2D eigenvalue weighted by molar-refractivity contribution is 1.37. The number of rotatable bonds is 0. The van der Waals surface area contributed by atoms with Crippen LogP contribution in [-0.4, -0.2) is 4.98 Å². The van der Waals surface area contributed by atoms with Gasteiger partial charge in [0.1, 0.15) is 0 Å². The third-order valence-corrected chi connectivity index (χ3v) is 1.77. The largest absolute Gasteiger partial charge is 0.256 e. The molecule has 0 aliphatic carbocycles. The molecule has 0 fully saturated rings. The van der Waals surface area contributed by atoms with Gasteiger partial charge < -0.3 is 0 Å². The van der Waals surface area contributed by atoms with Gasteiger partial charge in [-0.25, -0.2) is 0 Å². The van der Waals surface area contributed by atoms with Crippen LogP contribution in [0.2, 0.25) is 0 Å². The maximum atomic E-state index is 4.21. The SMILES string of the molecule is Cc1ccnc2ccc[c]c12. The minimum atomic E-state index is 1.02. The molecule has 0 unspecified atom stereocenters. The molecular formula is C10H8N. The smallest absolute Gasteiger partial charge is 0.0710 e. The van der Waals surface area contributed by atoms with E-state index >= 15 is 0 Å². The zero-order valence-electron chi connectivity index (χ0n) is 6.33. The van der Waals surface area contributed by atoms with Crippen LogP contribution in [-0.2, 0) is 0 Å². The van der Waals surface area contributed by atoms with Crippen molar-refractivity contribution in [1.82, 2.24) is 4.98 Å². The van der Waals surface area contributed by atoms with Gasteiger partial charge in [-0.1, -0.05) is 12.1 Å². The highest BCUT2D eigenvalue weighted by Crippen LogP contribution is 2.13. The van der Waals surface area contributed by atoms with Crippen molar-refractivity contribution in [2.24, 2.45) is 0 Å². The van der Waals surface area contributed by atoms with E-state index in [4.69, 9.17) is 0 Å². The molecule has 1 heteroatoms. The van der Waals surface area contributed by atoms with Crippen LogP contribution in [0.5, 0.6) is 0 Å². The maximum Gasteiger partial charge on any atom is 0.0710 e. The first kappa shape index (κ1) is 6.35. The Bertz CT molecular complexity index is 374. The molecule has 11 heavy (non-hydrogen) atoms. The Hall–Kier alpha value is -1.37. The normalized spacial score (nSPS) is 10.3. The highest BCUT2D eigenvalue weighted by molar-refractivity contribution is 5.80. The van der Waals surface area contributed by atoms with Gasteiger partial charge in [-0.3, -0.25) is 4.98 Å². The average molecular weight is 142 g/mol. The molecule has 0 amide bonds. The van der Waals surface area contributed by atoms with Crippen LogP contribution in [0.3, 0.4) is 0 Å². The topological polar surface area (TPSA) is 12.9 Å². The first-order valence-corrected chi connectivity index (χ1v) is 3.60. The van der Waals surface area contributed by atoms with Crippen LogP contribution < -0.4 is 0 Å². The van der Waals surface area contributed by atoms with E-state index in [1.807, 2.05) is 30.5 Å². The zero-order chi connectivity index (χ0) is 7.68. The van der Waals surface area contributed by atoms with Gasteiger partial charge in [0, 0.05) is 11.6 Å². The van der Waals surface area contributed by atoms with E-state index in [1.54, 1.807) is 0 Å². The number of aromatic nitrogens is 1. The summed E-state index contributed by atoms with van der Waals surface area (Å²) in [5.41, 5.74) is 2.25. The molecule has 0 spiro atoms. The third-order valence-electron chi connectivity index (χ3n) is 1.77. The Morgan fingerprint density at radius 1 is 1.36 bits per heavy atom. The molecule has 0 aliphatic heterocycles. The highest BCUT2D eigenvalue weighted by atomic mass is 14.6. The molecule has 0 N–H and O–H groups in total. The summed E-state index contributed by atoms with van der Waals surface area (Å²) in [6.45, 7) is 2.07. The van der Waals surface area contributed by atoms with Gasteiger partial charge in [-0.2, -0.15) is 0 Å². The van der Waals surface area contributed by atoms with Crippen molar-refractivity contribution < 1.29 is 0 Å². The Labute approximate surface area is 65.7 Å². The molecule has 1 radical (unpaired) electrons. The van der Waals surface area contributed by atoms with Gasteiger partial charge in [0.25, 0.3) is 0 Å². The fourth-order valence-electron chi connectivity index (χ4n) is 1.16. The van der Waals surface area contributed by atoms with E-state index in [9.17, 15) is 0 Å². The molecule has 2 rings (SSSR count). The number of aryl methyl sites for hydroxylation is 1. The van der Waals surface area contributed by atoms with Crippen LogP contribution in [0.25, 0.3) is 10.9 Å². The summed E-state index contributed by atoms with van der Waals surface area (Å²) in [6, 6.07) is 11.0. The summed E-state index contributed by atoms with van der Waals surface area (Å²) in [4.78, 5) is 4.21. The molecule has 0 saturated heterocycles. The van der Waals surface area contributed by atoms with E-state index in [0.717, 1.165) is 10.9 Å². The van der Waals surface area contributed by atoms with Crippen LogP contribution >= 0.6 is 0 Å². The summed E-state index contributed by atoms with van der Waals surface area (Å²) in [7, 11) is 0. The van der Waals surface area contributed by atoms with Gasteiger partial charge in [0.15, 0.2) is 0 Å². The average Bonchev–Trinajstić information content (AvgIpc) is 2.06. The quantitative estimate of drug-likeness (QED) is 0.550. The molecule has 2 aromatic rings. The van der Waals surface area contributed by atoms with E-state index < -0.39 is 0 Å². The zero-order valence-corrected chi connectivity index (χ0v) is 6.33. The summed E-state index contributed by atoms with van der Waals surface area (Å²) in [5.74, 6) is 0. The minimum absolute atomic E-state index is 1.02. The summed E-state index contributed by atoms with van der Waals surface area (Å²) in [5, 5.41) is 1.12. The van der Waals surface area contributed by atoms with Crippen molar-refractivity contribution >= 4 is 10.9 Å². The molecule has 0 aliphatic rings. The minimum Gasteiger partial charge on any atom is -0.256 e. The lowest BCUT2D eigenvalue weighted by atomic mass is 10.1. The standard InChI is InChI=1S/C10H8N/c1-8-6-7-11-10-5-3-2-4-9(8)10/h2-3,5-7H,1H3. The third kappa shape index (κ3) is 0.984. The molecule has 53 valence electrons. The first-order chi connectivity index (χ1) is 5.38. The number of nitrogens with zero attached hydrogens (tertiary/aromatic N) is 1. The monoisotopic (exact) mass is 142 g/mol. The van der Waals surface area contributed by atoms with Crippen LogP contribution in [0.15, 0.2) is 30.5 Å². The Morgan fingerprint density at radius 3 is 3.09 bits per heavy atom. The second kappa shape index (κ2) is 2.35. The van der Waals surface area contributed by atoms with E-state index in [1.165, 1.54) is 5.56 Å². The Balaban J connectivity index is 2.91. The highest BCUT2D eigenvalue weighted by Gasteiger charge is 1.93. The van der Waals surface area contributed by atoms with Crippen LogP contribution in [0.4, 0.5) is 0 Å². The van der Waals surface area contributed by atoms with Gasteiger partial charge in [0.05, 0.1) is 5.52 Å². The van der Waals surface area contributed by atoms with Crippen molar-refractivity contribution in [3.8, 4) is 0 Å². The van der Waals surface area contributed by atoms with E-state index in [0.29, 0.717) is 0 Å². The molecule has 0 bridgehead atoms. The van der Waals surface area contributed by atoms with E-state index in [-0.39, 0.29) is 0 Å². The molecule has 1 aromatic heterocycles. The number of fused-ring (bicyclic) bond motifs is 1. The molecule has 0 atom stereocenters. The number of hydrogen-bond acceptors (Lipinski definition) is 1. The molecule has 0 saturated carbocycles. The molecule has 1 heterocycles. The Kier molecular flexibility index (Phi) is 1.35. The fourth-order valence-corrected chi connectivity index (χ4v) is 1.16. The first-order valence-electron chi connectivity index (χ1n) is 3.60. The summed E-state index contributed by atoms with van der Waals surface area (Å²) >= 11 is 0. The molecular weight excluding hydrogens is 134 g/mol. The lowest BCUT2D eigenvalue weighted by Crippen LogP contribution is -1.80. The molecule has 1 nitrogen and oxygen atoms in total. The predicted octanol–water partition coefficient (Wildman–Crippen LogP) is 2.34. The van der Waals surface area contributed by atoms with Crippen molar-refractivity contribution in [1.29, 1.82) is 0 Å². The summed E-state index contributed by atoms with van der Waals surface area (Å²) < 4.78 is 0. The second-order valence-corrected chi connectivity index (χ2v) is 2.56. The van der Waals surface area contributed by atoms with Gasteiger partial charge >= 0.3 is 0 Å². The van der Waals surface area contributed by atoms with Crippen molar-refractivity contribution in [3.63, 3.8) is 0 Å². The van der Waals surface area contributed by atoms with Crippen molar-refractivity contribution in [3.05, 3.63) is 42.1 Å². The molecule has 1 aromatic carbocycles. The predicted molar refractivity (Wildman–Crippen MR) is 45.3 cm³/mol. The number of benzene rings is 1. The van der Waals surface area contributed by atoms with Gasteiger partial charge in [-0.05, 0) is 30.7 Å². The van der Waals surface area contributed by atoms with Crippen LogP contribution in [0, 0.1) is 13.0 Å². The summed E-state index contributed by atoms with van der Waals surface area (Å²) in [6.07, 6.45) is 1.82. The van der Waals surface area contributed by atoms with Gasteiger partial charge in [0.2, 0.25) is 0 Å². The maximum absolute atomic E-state index is 4.21. The van der Waals surface area contributed by atoms with Gasteiger partial charge in [-0.15, -0.1) is 0 Å². The van der Waals surface area contributed by atoms with Crippen molar-refractivity contribution in [2.45, 2.75) is 6.92 Å². The van der Waals surface area contributed by atoms with Crippen LogP contribution in [0.1, 0.15) is 5.56 Å². The number of hydrogen-bond donors (Lipinski definition) is 0. The Morgan fingerprint density at radius 2 is 2.27 bits per heavy atom. The van der Waals surface area contributed by atoms with E-state index in [2.05, 4.69) is 18.0 Å². The fraction of sp³-hybridized carbons (Fsp3) is 0.100. The number of pyridine rings is 1. The van der Waals surface area contributed by atoms with Crippen molar-refractivity contribution in [2.75, 3.05) is 0 Å². The second-order valence-electron chi connectivity index (χ2n) is 2.56. The lowest BCUT2D eigenvalue weighted by Gasteiger charge is -1.97.